The topological polar surface area (TPSA) is 26.3 Å². The number of hydrogen-bond donors (Lipinski definition) is 0. The summed E-state index contributed by atoms with van der Waals surface area (Å²) in [6, 6.07) is 9.18. The van der Waals surface area contributed by atoms with Gasteiger partial charge in [-0.15, -0.1) is 5.73 Å². The normalized spacial score (nSPS) is 10.2. The molecule has 0 fully saturated rings. The quantitative estimate of drug-likeness (QED) is 0.631. The number of carbonyl (C=O) groups is 1. The molecular weight excluding hydrogens is 322 g/mol. The van der Waals surface area contributed by atoms with E-state index in [1.165, 1.54) is 25.1 Å². The summed E-state index contributed by atoms with van der Waals surface area (Å²) in [6.07, 6.45) is 0.847. The molecule has 2 rings (SSSR count). The number of ketones is 1. The van der Waals surface area contributed by atoms with Gasteiger partial charge in [0.2, 0.25) is 0 Å². The molecule has 2 nitrogen and oxygen atoms in total. The van der Waals surface area contributed by atoms with Crippen LogP contribution in [0.25, 0.3) is 5.57 Å². The fourth-order valence-corrected chi connectivity index (χ4v) is 2.44. The van der Waals surface area contributed by atoms with Crippen molar-refractivity contribution in [3.8, 4) is 5.75 Å². The molecule has 2 aromatic carbocycles. The van der Waals surface area contributed by atoms with E-state index in [1.54, 1.807) is 6.07 Å². The van der Waals surface area contributed by atoms with Crippen molar-refractivity contribution in [2.24, 2.45) is 0 Å². The first-order valence-corrected chi connectivity index (χ1v) is 7.97. The number of hydrogen-bond acceptors (Lipinski definition) is 2. The van der Waals surface area contributed by atoms with Gasteiger partial charge in [-0.05, 0) is 44.5 Å². The average Bonchev–Trinajstić information content (AvgIpc) is 2.56. The Balaban J connectivity index is 2.29. The first kappa shape index (κ1) is 18.6. The van der Waals surface area contributed by atoms with Gasteiger partial charge < -0.3 is 9.53 Å². The van der Waals surface area contributed by atoms with Crippen LogP contribution in [-0.2, 0) is 11.4 Å². The van der Waals surface area contributed by atoms with Crippen LogP contribution in [0.4, 0.5) is 8.78 Å². The van der Waals surface area contributed by atoms with Crippen molar-refractivity contribution < 1.29 is 18.3 Å². The third-order valence-corrected chi connectivity index (χ3v) is 3.83. The van der Waals surface area contributed by atoms with E-state index in [1.807, 2.05) is 19.1 Å². The minimum atomic E-state index is -0.648. The van der Waals surface area contributed by atoms with E-state index in [4.69, 9.17) is 4.74 Å². The second kappa shape index (κ2) is 8.41. The maximum Gasteiger partial charge on any atom is 0.132 e. The summed E-state index contributed by atoms with van der Waals surface area (Å²) in [4.78, 5) is 11.3. The molecule has 0 atom stereocenters. The fourth-order valence-electron chi connectivity index (χ4n) is 2.44. The number of benzene rings is 2. The molecule has 0 saturated carbocycles. The Hall–Kier alpha value is -2.71. The molecule has 2 aromatic rings. The molecule has 130 valence electrons. The van der Waals surface area contributed by atoms with Gasteiger partial charge >= 0.3 is 0 Å². The summed E-state index contributed by atoms with van der Waals surface area (Å²) in [5, 5.41) is 0. The number of rotatable bonds is 7. The second-order valence-corrected chi connectivity index (χ2v) is 5.85. The van der Waals surface area contributed by atoms with Gasteiger partial charge in [0.25, 0.3) is 0 Å². The van der Waals surface area contributed by atoms with Crippen molar-refractivity contribution in [2.45, 2.75) is 33.3 Å². The van der Waals surface area contributed by atoms with Crippen molar-refractivity contribution in [1.29, 1.82) is 0 Å². The molecule has 0 N–H and O–H groups in total. The largest absolute Gasteiger partial charge is 0.488 e. The molecule has 0 radical (unpaired) electrons. The molecule has 25 heavy (non-hydrogen) atoms. The molecule has 0 unspecified atom stereocenters. The summed E-state index contributed by atoms with van der Waals surface area (Å²) >= 11 is 0. The second-order valence-electron chi connectivity index (χ2n) is 5.85. The molecule has 4 heteroatoms. The first-order chi connectivity index (χ1) is 11.9. The molecule has 0 bridgehead atoms. The molecule has 0 aliphatic carbocycles. The van der Waals surface area contributed by atoms with Crippen molar-refractivity contribution in [2.75, 3.05) is 0 Å². The van der Waals surface area contributed by atoms with Crippen LogP contribution in [0.2, 0.25) is 0 Å². The predicted octanol–water partition coefficient (Wildman–Crippen LogP) is 5.39. The molecule has 0 heterocycles. The summed E-state index contributed by atoms with van der Waals surface area (Å²) in [5.41, 5.74) is 5.19. The number of ether oxygens (including phenoxy) is 1. The smallest absolute Gasteiger partial charge is 0.132 e. The molecule has 0 amide bonds. The van der Waals surface area contributed by atoms with E-state index < -0.39 is 11.6 Å². The Labute approximate surface area is 146 Å². The molecule has 0 aromatic heterocycles. The highest BCUT2D eigenvalue weighted by atomic mass is 19.1. The SMILES string of the molecule is C=C=C(CCC(C)=O)c1cc(C)ccc1OCc1c(F)cccc1F. The van der Waals surface area contributed by atoms with Crippen LogP contribution >= 0.6 is 0 Å². The van der Waals surface area contributed by atoms with Crippen LogP contribution < -0.4 is 4.74 Å². The van der Waals surface area contributed by atoms with Crippen LogP contribution in [-0.4, -0.2) is 5.78 Å². The lowest BCUT2D eigenvalue weighted by molar-refractivity contribution is -0.116. The Kier molecular flexibility index (Phi) is 6.26. The Morgan fingerprint density at radius 2 is 1.84 bits per heavy atom. The molecular formula is C21H20F2O2. The summed E-state index contributed by atoms with van der Waals surface area (Å²) in [7, 11) is 0. The number of carbonyl (C=O) groups excluding carboxylic acids is 1. The Morgan fingerprint density at radius 1 is 1.16 bits per heavy atom. The number of aryl methyl sites for hydroxylation is 1. The van der Waals surface area contributed by atoms with Gasteiger partial charge in [0.15, 0.2) is 0 Å². The Morgan fingerprint density at radius 3 is 2.44 bits per heavy atom. The van der Waals surface area contributed by atoms with E-state index in [0.29, 0.717) is 18.6 Å². The van der Waals surface area contributed by atoms with Gasteiger partial charge in [0, 0.05) is 17.6 Å². The van der Waals surface area contributed by atoms with Crippen molar-refractivity contribution in [1.82, 2.24) is 0 Å². The van der Waals surface area contributed by atoms with E-state index >= 15 is 0 Å². The highest BCUT2D eigenvalue weighted by Crippen LogP contribution is 2.30. The minimum Gasteiger partial charge on any atom is -0.488 e. The van der Waals surface area contributed by atoms with Crippen molar-refractivity contribution in [3.05, 3.63) is 77.0 Å². The minimum absolute atomic E-state index is 0.0660. The standard InChI is InChI=1S/C21H20F2O2/c1-4-16(10-9-15(3)24)17-12-14(2)8-11-21(17)25-13-18-19(22)6-5-7-20(18)23/h5-8,11-12H,1,9-10,13H2,2-3H3. The third-order valence-electron chi connectivity index (χ3n) is 3.83. The maximum absolute atomic E-state index is 13.8. The monoisotopic (exact) mass is 342 g/mol. The van der Waals surface area contributed by atoms with Crippen LogP contribution in [0.3, 0.4) is 0 Å². The van der Waals surface area contributed by atoms with E-state index in [2.05, 4.69) is 12.3 Å². The van der Waals surface area contributed by atoms with Gasteiger partial charge in [-0.1, -0.05) is 24.3 Å². The zero-order valence-electron chi connectivity index (χ0n) is 14.4. The highest BCUT2D eigenvalue weighted by Gasteiger charge is 2.13. The zero-order chi connectivity index (χ0) is 18.4. The van der Waals surface area contributed by atoms with Gasteiger partial charge in [0.1, 0.15) is 29.8 Å². The van der Waals surface area contributed by atoms with Gasteiger partial charge in [-0.2, -0.15) is 0 Å². The van der Waals surface area contributed by atoms with Crippen LogP contribution in [0.5, 0.6) is 5.75 Å². The summed E-state index contributed by atoms with van der Waals surface area (Å²) in [5.74, 6) is -0.756. The lowest BCUT2D eigenvalue weighted by Gasteiger charge is -2.14. The zero-order valence-corrected chi connectivity index (χ0v) is 14.4. The number of allylic oxidation sites excluding steroid dienone is 1. The number of halogens is 2. The molecule has 0 aliphatic rings. The van der Waals surface area contributed by atoms with Gasteiger partial charge in [0.05, 0.1) is 5.56 Å². The summed E-state index contributed by atoms with van der Waals surface area (Å²) < 4.78 is 33.2. The summed E-state index contributed by atoms with van der Waals surface area (Å²) in [6.45, 7) is 6.90. The van der Waals surface area contributed by atoms with E-state index in [9.17, 15) is 13.6 Å². The van der Waals surface area contributed by atoms with Crippen LogP contribution in [0.1, 0.15) is 36.5 Å². The van der Waals surface area contributed by atoms with Crippen LogP contribution in [0, 0.1) is 18.6 Å². The van der Waals surface area contributed by atoms with E-state index in [0.717, 1.165) is 16.7 Å². The maximum atomic E-state index is 13.8. The molecule has 0 aliphatic heterocycles. The first-order valence-electron chi connectivity index (χ1n) is 7.97. The van der Waals surface area contributed by atoms with E-state index in [-0.39, 0.29) is 18.0 Å². The molecule has 0 spiro atoms. The number of Topliss-reactive ketones (excluding diaryl/α,β-unsaturated/α-hetero) is 1. The van der Waals surface area contributed by atoms with Crippen molar-refractivity contribution >= 4 is 11.4 Å². The predicted molar refractivity (Wildman–Crippen MR) is 94.3 cm³/mol. The van der Waals surface area contributed by atoms with Crippen molar-refractivity contribution in [3.63, 3.8) is 0 Å². The third kappa shape index (κ3) is 4.88. The lowest BCUT2D eigenvalue weighted by atomic mass is 9.98. The fraction of sp³-hybridized carbons (Fsp3) is 0.238. The Bertz CT molecular complexity index is 814. The average molecular weight is 342 g/mol. The van der Waals surface area contributed by atoms with Crippen LogP contribution in [0.15, 0.2) is 48.7 Å². The lowest BCUT2D eigenvalue weighted by Crippen LogP contribution is -2.04. The van der Waals surface area contributed by atoms with Gasteiger partial charge in [-0.3, -0.25) is 0 Å². The van der Waals surface area contributed by atoms with Gasteiger partial charge in [-0.25, -0.2) is 8.78 Å². The highest BCUT2D eigenvalue weighted by molar-refractivity contribution is 5.79. The molecule has 0 saturated heterocycles.